The number of ether oxygens (including phenoxy) is 3. The summed E-state index contributed by atoms with van der Waals surface area (Å²) < 4.78 is 15.7. The highest BCUT2D eigenvalue weighted by Gasteiger charge is 2.13. The number of methoxy groups -OCH3 is 2. The van der Waals surface area contributed by atoms with Gasteiger partial charge in [0, 0.05) is 5.69 Å². The first-order valence-electron chi connectivity index (χ1n) is 9.08. The first-order valence-corrected chi connectivity index (χ1v) is 9.87. The van der Waals surface area contributed by atoms with Gasteiger partial charge >= 0.3 is 5.97 Å². The number of halogens is 1. The minimum atomic E-state index is -0.565. The van der Waals surface area contributed by atoms with Crippen molar-refractivity contribution in [1.29, 1.82) is 0 Å². The van der Waals surface area contributed by atoms with E-state index in [4.69, 9.17) is 9.47 Å². The summed E-state index contributed by atoms with van der Waals surface area (Å²) in [6.45, 7) is 1.66. The molecule has 31 heavy (non-hydrogen) atoms. The molecule has 0 aliphatic heterocycles. The smallest absolute Gasteiger partial charge is 0.343 e. The fourth-order valence-electron chi connectivity index (χ4n) is 2.35. The molecule has 164 valence electrons. The fourth-order valence-corrected chi connectivity index (χ4v) is 2.92. The van der Waals surface area contributed by atoms with Crippen LogP contribution >= 0.6 is 15.9 Å². The van der Waals surface area contributed by atoms with E-state index in [9.17, 15) is 14.4 Å². The Bertz CT molecular complexity index is 976. The Balaban J connectivity index is 1.92. The van der Waals surface area contributed by atoms with Gasteiger partial charge in [-0.05, 0) is 52.7 Å². The average molecular weight is 492 g/mol. The molecule has 0 atom stereocenters. The van der Waals surface area contributed by atoms with Crippen LogP contribution < -0.4 is 20.2 Å². The third-order valence-electron chi connectivity index (χ3n) is 3.87. The van der Waals surface area contributed by atoms with Crippen molar-refractivity contribution in [1.82, 2.24) is 5.43 Å². The van der Waals surface area contributed by atoms with Crippen LogP contribution in [0.4, 0.5) is 5.69 Å². The maximum atomic E-state index is 11.9. The van der Waals surface area contributed by atoms with Gasteiger partial charge in [0.1, 0.15) is 6.42 Å². The highest BCUT2D eigenvalue weighted by atomic mass is 79.9. The Morgan fingerprint density at radius 2 is 1.81 bits per heavy atom. The highest BCUT2D eigenvalue weighted by Crippen LogP contribution is 2.36. The fraction of sp³-hybridized carbons (Fsp3) is 0.238. The SMILES string of the molecule is COC(=O)COc1c(Br)cc(C=NNC(=O)CC(=O)Nc2ccc(C)cc2)cc1OC. The van der Waals surface area contributed by atoms with Gasteiger partial charge in [0.2, 0.25) is 11.8 Å². The molecule has 0 unspecified atom stereocenters. The summed E-state index contributed by atoms with van der Waals surface area (Å²) in [5, 5.41) is 6.49. The Labute approximate surface area is 187 Å². The van der Waals surface area contributed by atoms with E-state index in [1.165, 1.54) is 20.4 Å². The average Bonchev–Trinajstić information content (AvgIpc) is 2.73. The minimum Gasteiger partial charge on any atom is -0.493 e. The quantitative estimate of drug-likeness (QED) is 0.241. The normalized spacial score (nSPS) is 10.5. The molecule has 2 aromatic rings. The summed E-state index contributed by atoms with van der Waals surface area (Å²) in [5.74, 6) is -0.878. The predicted molar refractivity (Wildman–Crippen MR) is 118 cm³/mol. The lowest BCUT2D eigenvalue weighted by Gasteiger charge is -2.12. The van der Waals surface area contributed by atoms with E-state index in [2.05, 4.69) is 36.5 Å². The zero-order valence-electron chi connectivity index (χ0n) is 17.2. The van der Waals surface area contributed by atoms with E-state index in [1.54, 1.807) is 24.3 Å². The van der Waals surface area contributed by atoms with Crippen LogP contribution in [0.2, 0.25) is 0 Å². The van der Waals surface area contributed by atoms with E-state index in [0.29, 0.717) is 27.2 Å². The maximum Gasteiger partial charge on any atom is 0.343 e. The second-order valence-corrected chi connectivity index (χ2v) is 7.14. The minimum absolute atomic E-state index is 0.278. The Hall–Kier alpha value is -3.40. The molecule has 10 heteroatoms. The molecule has 0 aliphatic rings. The number of aryl methyl sites for hydroxylation is 1. The lowest BCUT2D eigenvalue weighted by atomic mass is 10.2. The van der Waals surface area contributed by atoms with Gasteiger partial charge in [-0.3, -0.25) is 9.59 Å². The summed E-state index contributed by atoms with van der Waals surface area (Å²) in [4.78, 5) is 35.1. The van der Waals surface area contributed by atoms with E-state index >= 15 is 0 Å². The van der Waals surface area contributed by atoms with Crippen molar-refractivity contribution in [3.63, 3.8) is 0 Å². The third kappa shape index (κ3) is 7.74. The van der Waals surface area contributed by atoms with Crippen molar-refractivity contribution in [3.05, 3.63) is 52.0 Å². The van der Waals surface area contributed by atoms with Crippen molar-refractivity contribution in [2.24, 2.45) is 5.10 Å². The molecule has 0 bridgehead atoms. The third-order valence-corrected chi connectivity index (χ3v) is 4.46. The highest BCUT2D eigenvalue weighted by molar-refractivity contribution is 9.10. The molecule has 2 aromatic carbocycles. The Kier molecular flexibility index (Phi) is 9.01. The van der Waals surface area contributed by atoms with Gasteiger partial charge in [-0.25, -0.2) is 10.2 Å². The zero-order valence-corrected chi connectivity index (χ0v) is 18.8. The van der Waals surface area contributed by atoms with Crippen LogP contribution in [0.1, 0.15) is 17.5 Å². The molecule has 2 rings (SSSR count). The van der Waals surface area contributed by atoms with Crippen molar-refractivity contribution in [3.8, 4) is 11.5 Å². The number of nitrogens with one attached hydrogen (secondary N) is 2. The van der Waals surface area contributed by atoms with E-state index in [0.717, 1.165) is 5.56 Å². The largest absolute Gasteiger partial charge is 0.493 e. The molecule has 0 spiro atoms. The standard InChI is InChI=1S/C21H22BrN3O6/c1-13-4-6-15(7-5-13)24-18(26)10-19(27)25-23-11-14-8-16(22)21(17(9-14)29-2)31-12-20(28)30-3/h4-9,11H,10,12H2,1-3H3,(H,24,26)(H,25,27). The van der Waals surface area contributed by atoms with Crippen LogP contribution in [0, 0.1) is 6.92 Å². The number of hydrazone groups is 1. The molecular formula is C21H22BrN3O6. The van der Waals surface area contributed by atoms with Gasteiger partial charge in [0.05, 0.1) is 24.9 Å². The van der Waals surface area contributed by atoms with Crippen LogP contribution in [0.3, 0.4) is 0 Å². The molecule has 2 N–H and O–H groups in total. The number of hydrogen-bond acceptors (Lipinski definition) is 7. The number of amides is 2. The molecule has 0 saturated carbocycles. The summed E-state index contributed by atoms with van der Waals surface area (Å²) >= 11 is 3.34. The number of nitrogens with zero attached hydrogens (tertiary/aromatic N) is 1. The monoisotopic (exact) mass is 491 g/mol. The summed E-state index contributed by atoms with van der Waals surface area (Å²) in [6, 6.07) is 10.5. The number of anilines is 1. The molecule has 0 heterocycles. The number of hydrogen-bond donors (Lipinski definition) is 2. The van der Waals surface area contributed by atoms with Crippen molar-refractivity contribution in [2.45, 2.75) is 13.3 Å². The molecule has 0 fully saturated rings. The van der Waals surface area contributed by atoms with Gasteiger partial charge in [-0.15, -0.1) is 0 Å². The number of carbonyl (C=O) groups excluding carboxylic acids is 3. The van der Waals surface area contributed by atoms with Crippen LogP contribution in [-0.4, -0.2) is 44.8 Å². The van der Waals surface area contributed by atoms with Gasteiger partial charge in [0.25, 0.3) is 0 Å². The van der Waals surface area contributed by atoms with Gasteiger partial charge in [-0.1, -0.05) is 17.7 Å². The number of rotatable bonds is 9. The number of esters is 1. The molecule has 2 amide bonds. The first-order chi connectivity index (χ1) is 14.8. The van der Waals surface area contributed by atoms with Gasteiger partial charge in [0.15, 0.2) is 18.1 Å². The maximum absolute atomic E-state index is 11.9. The second-order valence-electron chi connectivity index (χ2n) is 6.28. The molecule has 0 aliphatic carbocycles. The topological polar surface area (TPSA) is 115 Å². The van der Waals surface area contributed by atoms with Crippen LogP contribution in [0.5, 0.6) is 11.5 Å². The van der Waals surface area contributed by atoms with Gasteiger partial charge in [-0.2, -0.15) is 5.10 Å². The van der Waals surface area contributed by atoms with Crippen LogP contribution in [0.25, 0.3) is 0 Å². The van der Waals surface area contributed by atoms with E-state index in [-0.39, 0.29) is 13.0 Å². The summed E-state index contributed by atoms with van der Waals surface area (Å²) in [5.41, 5.74) is 4.56. The predicted octanol–water partition coefficient (Wildman–Crippen LogP) is 2.80. The number of benzene rings is 2. The zero-order chi connectivity index (χ0) is 22.8. The second kappa shape index (κ2) is 11.7. The lowest BCUT2D eigenvalue weighted by Crippen LogP contribution is -2.24. The Morgan fingerprint density at radius 1 is 1.10 bits per heavy atom. The molecule has 0 aromatic heterocycles. The molecular weight excluding hydrogens is 470 g/mol. The molecule has 0 radical (unpaired) electrons. The first kappa shape index (κ1) is 23.9. The van der Waals surface area contributed by atoms with Crippen molar-refractivity contribution >= 4 is 45.6 Å². The van der Waals surface area contributed by atoms with Crippen molar-refractivity contribution < 1.29 is 28.6 Å². The van der Waals surface area contributed by atoms with Gasteiger partial charge < -0.3 is 19.5 Å². The van der Waals surface area contributed by atoms with E-state index < -0.39 is 17.8 Å². The van der Waals surface area contributed by atoms with E-state index in [1.807, 2.05) is 19.1 Å². The van der Waals surface area contributed by atoms with Crippen molar-refractivity contribution in [2.75, 3.05) is 26.1 Å². The van der Waals surface area contributed by atoms with Crippen LogP contribution in [0.15, 0.2) is 46.0 Å². The van der Waals surface area contributed by atoms with Crippen LogP contribution in [-0.2, 0) is 19.1 Å². The molecule has 0 saturated heterocycles. The Morgan fingerprint density at radius 3 is 2.45 bits per heavy atom. The lowest BCUT2D eigenvalue weighted by molar-refractivity contribution is -0.143. The summed E-state index contributed by atoms with van der Waals surface area (Å²) in [7, 11) is 2.71. The summed E-state index contributed by atoms with van der Waals surface area (Å²) in [6.07, 6.45) is 1.01. The number of carbonyl (C=O) groups is 3. The molecule has 9 nitrogen and oxygen atoms in total.